The summed E-state index contributed by atoms with van der Waals surface area (Å²) in [5, 5.41) is 15.1. The average molecular weight is 490 g/mol. The molecule has 0 atom stereocenters. The molecule has 0 spiro atoms. The van der Waals surface area contributed by atoms with Gasteiger partial charge in [-0.05, 0) is 49.1 Å². The largest absolute Gasteiger partial charge is 0.380 e. The molecule has 4 heterocycles. The normalized spacial score (nSPS) is 14.3. The SMILES string of the molecule is CC(C)c1cnn2c(NCc3cccc(NC4CNC4)c3)cc(-c3ccnc(P(C)(C)=O)c3)nc12. The summed E-state index contributed by atoms with van der Waals surface area (Å²) >= 11 is 0. The van der Waals surface area contributed by atoms with Crippen LogP contribution in [0.4, 0.5) is 11.5 Å². The average Bonchev–Trinajstić information content (AvgIpc) is 3.24. The molecule has 1 aromatic carbocycles. The lowest BCUT2D eigenvalue weighted by Gasteiger charge is -2.29. The van der Waals surface area contributed by atoms with Gasteiger partial charge in [0, 0.05) is 48.7 Å². The van der Waals surface area contributed by atoms with Gasteiger partial charge in [-0.25, -0.2) is 4.98 Å². The Kier molecular flexibility index (Phi) is 6.34. The Bertz CT molecular complexity index is 1400. The van der Waals surface area contributed by atoms with Crippen molar-refractivity contribution in [1.82, 2.24) is 24.9 Å². The number of nitrogens with one attached hydrogen (secondary N) is 3. The number of pyridine rings is 1. The standard InChI is InChI=1S/C26H32N7OP/c1-17(2)22-16-30-33-24(29-13-18-6-5-7-20(10-18)31-21-14-27-15-21)12-23(32-26(22)33)19-8-9-28-25(11-19)35(3,4)34/h5-12,16-17,21,27,29,31H,13-15H2,1-4H3. The first-order valence-corrected chi connectivity index (χ1v) is 14.6. The van der Waals surface area contributed by atoms with Crippen LogP contribution >= 0.6 is 7.14 Å². The first-order chi connectivity index (χ1) is 16.8. The van der Waals surface area contributed by atoms with E-state index in [1.165, 1.54) is 5.56 Å². The van der Waals surface area contributed by atoms with Crippen LogP contribution in [-0.4, -0.2) is 52.0 Å². The van der Waals surface area contributed by atoms with Crippen LogP contribution in [0, 0.1) is 0 Å². The van der Waals surface area contributed by atoms with Gasteiger partial charge in [-0.15, -0.1) is 0 Å². The van der Waals surface area contributed by atoms with Crippen molar-refractivity contribution in [3.8, 4) is 11.3 Å². The van der Waals surface area contributed by atoms with Gasteiger partial charge in [-0.2, -0.15) is 9.61 Å². The van der Waals surface area contributed by atoms with Gasteiger partial charge >= 0.3 is 0 Å². The summed E-state index contributed by atoms with van der Waals surface area (Å²) in [5.74, 6) is 1.14. The van der Waals surface area contributed by atoms with Crippen LogP contribution in [0.2, 0.25) is 0 Å². The van der Waals surface area contributed by atoms with Crippen molar-refractivity contribution in [2.75, 3.05) is 37.1 Å². The summed E-state index contributed by atoms with van der Waals surface area (Å²) < 4.78 is 14.5. The minimum Gasteiger partial charge on any atom is -0.380 e. The summed E-state index contributed by atoms with van der Waals surface area (Å²) in [6.07, 6.45) is 3.60. The van der Waals surface area contributed by atoms with E-state index in [2.05, 4.69) is 64.1 Å². The molecule has 1 aliphatic rings. The van der Waals surface area contributed by atoms with Gasteiger partial charge in [0.25, 0.3) is 0 Å². The van der Waals surface area contributed by atoms with Crippen LogP contribution in [0.3, 0.4) is 0 Å². The van der Waals surface area contributed by atoms with Gasteiger partial charge in [-0.3, -0.25) is 4.98 Å². The molecule has 3 aromatic heterocycles. The lowest BCUT2D eigenvalue weighted by molar-refractivity contribution is 0.472. The molecule has 0 aliphatic carbocycles. The minimum atomic E-state index is -2.49. The molecule has 0 unspecified atom stereocenters. The van der Waals surface area contributed by atoms with Crippen LogP contribution in [0.25, 0.3) is 16.9 Å². The van der Waals surface area contributed by atoms with E-state index < -0.39 is 7.14 Å². The first kappa shape index (κ1) is 23.5. The van der Waals surface area contributed by atoms with E-state index in [-0.39, 0.29) is 5.92 Å². The summed E-state index contributed by atoms with van der Waals surface area (Å²) in [6.45, 7) is 10.4. The summed E-state index contributed by atoms with van der Waals surface area (Å²) in [5.41, 5.74) is 6.51. The Morgan fingerprint density at radius 1 is 1.17 bits per heavy atom. The number of hydrogen-bond donors (Lipinski definition) is 3. The van der Waals surface area contributed by atoms with Crippen molar-refractivity contribution >= 4 is 29.7 Å². The maximum absolute atomic E-state index is 12.6. The zero-order valence-corrected chi connectivity index (χ0v) is 21.5. The van der Waals surface area contributed by atoms with E-state index in [9.17, 15) is 4.57 Å². The molecule has 1 fully saturated rings. The zero-order valence-electron chi connectivity index (χ0n) is 20.6. The highest BCUT2D eigenvalue weighted by Gasteiger charge is 2.18. The molecule has 0 bridgehead atoms. The molecule has 4 aromatic rings. The van der Waals surface area contributed by atoms with Crippen LogP contribution in [0.1, 0.15) is 30.9 Å². The van der Waals surface area contributed by atoms with E-state index in [0.29, 0.717) is 18.0 Å². The fourth-order valence-corrected chi connectivity index (χ4v) is 4.92. The van der Waals surface area contributed by atoms with Crippen molar-refractivity contribution < 1.29 is 4.57 Å². The first-order valence-electron chi connectivity index (χ1n) is 12.0. The predicted molar refractivity (Wildman–Crippen MR) is 143 cm³/mol. The molecule has 35 heavy (non-hydrogen) atoms. The molecule has 0 saturated carbocycles. The topological polar surface area (TPSA) is 96.2 Å². The van der Waals surface area contributed by atoms with Crippen molar-refractivity contribution in [2.24, 2.45) is 0 Å². The van der Waals surface area contributed by atoms with Gasteiger partial charge in [0.2, 0.25) is 0 Å². The highest BCUT2D eigenvalue weighted by molar-refractivity contribution is 7.69. The highest BCUT2D eigenvalue weighted by Crippen LogP contribution is 2.35. The van der Waals surface area contributed by atoms with Crippen LogP contribution < -0.4 is 21.4 Å². The fraction of sp³-hybridized carbons (Fsp3) is 0.346. The van der Waals surface area contributed by atoms with Crippen molar-refractivity contribution in [1.29, 1.82) is 0 Å². The third-order valence-corrected chi connectivity index (χ3v) is 7.61. The Hall–Kier alpha value is -3.22. The molecule has 0 radical (unpaired) electrons. The quantitative estimate of drug-likeness (QED) is 0.320. The molecular weight excluding hydrogens is 457 g/mol. The predicted octanol–water partition coefficient (Wildman–Crippen LogP) is 4.16. The maximum atomic E-state index is 12.6. The molecule has 8 nitrogen and oxygen atoms in total. The Morgan fingerprint density at radius 3 is 2.71 bits per heavy atom. The fourth-order valence-electron chi connectivity index (χ4n) is 4.12. The third-order valence-electron chi connectivity index (χ3n) is 6.27. The van der Waals surface area contributed by atoms with E-state index in [1.807, 2.05) is 28.9 Å². The van der Waals surface area contributed by atoms with E-state index >= 15 is 0 Å². The van der Waals surface area contributed by atoms with Crippen LogP contribution in [0.15, 0.2) is 54.9 Å². The van der Waals surface area contributed by atoms with Crippen molar-refractivity contribution in [3.05, 3.63) is 66.0 Å². The van der Waals surface area contributed by atoms with Gasteiger partial charge in [0.1, 0.15) is 13.0 Å². The Labute approximate surface area is 206 Å². The van der Waals surface area contributed by atoms with Gasteiger partial charge in [-0.1, -0.05) is 26.0 Å². The number of fused-ring (bicyclic) bond motifs is 1. The lowest BCUT2D eigenvalue weighted by atomic mass is 10.1. The van der Waals surface area contributed by atoms with Crippen molar-refractivity contribution in [3.63, 3.8) is 0 Å². The zero-order chi connectivity index (χ0) is 24.6. The highest BCUT2D eigenvalue weighted by atomic mass is 31.2. The molecular formula is C26H32N7OP. The molecule has 1 aliphatic heterocycles. The molecule has 9 heteroatoms. The summed E-state index contributed by atoms with van der Waals surface area (Å²) in [4.78, 5) is 9.29. The van der Waals surface area contributed by atoms with Gasteiger partial charge in [0.05, 0.1) is 23.4 Å². The van der Waals surface area contributed by atoms with Crippen LogP contribution in [0.5, 0.6) is 0 Å². The molecule has 0 amide bonds. The second-order valence-electron chi connectivity index (χ2n) is 9.82. The van der Waals surface area contributed by atoms with Crippen LogP contribution in [-0.2, 0) is 11.1 Å². The molecule has 5 rings (SSSR count). The van der Waals surface area contributed by atoms with Crippen molar-refractivity contribution in [2.45, 2.75) is 32.4 Å². The van der Waals surface area contributed by atoms with Gasteiger partial charge in [0.15, 0.2) is 5.65 Å². The smallest absolute Gasteiger partial charge is 0.161 e. The summed E-state index contributed by atoms with van der Waals surface area (Å²) in [7, 11) is -2.49. The number of nitrogens with zero attached hydrogens (tertiary/aromatic N) is 4. The Balaban J connectivity index is 1.49. The third kappa shape index (κ3) is 5.09. The van der Waals surface area contributed by atoms with E-state index in [1.54, 1.807) is 19.5 Å². The number of aromatic nitrogens is 4. The second kappa shape index (κ2) is 9.44. The number of benzene rings is 1. The summed E-state index contributed by atoms with van der Waals surface area (Å²) in [6, 6.07) is 14.8. The molecule has 1 saturated heterocycles. The monoisotopic (exact) mass is 489 g/mol. The van der Waals surface area contributed by atoms with E-state index in [0.717, 1.165) is 47.1 Å². The van der Waals surface area contributed by atoms with Gasteiger partial charge < -0.3 is 20.5 Å². The number of anilines is 2. The molecule has 3 N–H and O–H groups in total. The van der Waals surface area contributed by atoms with E-state index in [4.69, 9.17) is 4.98 Å². The number of rotatable bonds is 8. The Morgan fingerprint density at radius 2 is 2.00 bits per heavy atom. The second-order valence-corrected chi connectivity index (χ2v) is 13.0. The molecule has 182 valence electrons. The lowest BCUT2D eigenvalue weighted by Crippen LogP contribution is -2.51. The minimum absolute atomic E-state index is 0.284. The maximum Gasteiger partial charge on any atom is 0.161 e. The number of hydrogen-bond acceptors (Lipinski definition) is 7.